The quantitative estimate of drug-likeness (QED) is 0.192. The second-order valence-electron chi connectivity index (χ2n) is 18.6. The van der Waals surface area contributed by atoms with Gasteiger partial charge >= 0.3 is 0 Å². The molecular weight excluding hydrogens is 833 g/mol. The zero-order chi connectivity index (χ0) is 44.6. The second kappa shape index (κ2) is 14.1. The lowest BCUT2D eigenvalue weighted by atomic mass is 9.82. The first kappa shape index (κ1) is 37.5. The van der Waals surface area contributed by atoms with E-state index in [4.69, 9.17) is 18.8 Å². The van der Waals surface area contributed by atoms with E-state index in [0.29, 0.717) is 11.8 Å². The Morgan fingerprint density at radius 3 is 2.13 bits per heavy atom. The zero-order valence-corrected chi connectivity index (χ0v) is 37.0. The van der Waals surface area contributed by atoms with Gasteiger partial charge in [0.25, 0.3) is 0 Å². The molecule has 68 heavy (non-hydrogen) atoms. The van der Waals surface area contributed by atoms with Crippen LogP contribution in [0.15, 0.2) is 213 Å². The maximum Gasteiger partial charge on any atom is 0.159 e. The second-order valence-corrected chi connectivity index (χ2v) is 18.6. The van der Waals surface area contributed by atoms with Gasteiger partial charge in [-0.15, -0.1) is 0 Å². The number of hydrogen-bond donors (Lipinski definition) is 1. The predicted octanol–water partition coefficient (Wildman–Crippen LogP) is 15.7. The summed E-state index contributed by atoms with van der Waals surface area (Å²) in [6.45, 7) is 2.36. The smallest absolute Gasteiger partial charge is 0.159 e. The standard InChI is InChI=1S/C62H40N4O2/c1-35-28-50-49-30-39-15-4-5-16-40(39)32-52(49)66(58(50)48-20-9-8-17-44(35)48)53-33-43(31-51-57-45-18-7-6-13-37(45)25-27-55(57)68-59(51)53)62-64-60(41-23-22-36-12-2-3-14-38(36)29-41)63-61(65-62)42-24-26-47-46-19-10-11-21-54(46)67-56(47)34-42/h2-27,29-35,61H,28H2,1H3,(H,63,64,65). The molecule has 0 amide bonds. The lowest BCUT2D eigenvalue weighted by Crippen LogP contribution is -2.33. The van der Waals surface area contributed by atoms with Gasteiger partial charge in [-0.25, -0.2) is 9.98 Å². The average Bonchev–Trinajstić information content (AvgIpc) is 4.07. The van der Waals surface area contributed by atoms with Gasteiger partial charge < -0.3 is 18.7 Å². The fourth-order valence-corrected chi connectivity index (χ4v) is 11.4. The Bertz CT molecular complexity index is 4370. The molecule has 2 atom stereocenters. The van der Waals surface area contributed by atoms with E-state index in [1.165, 1.54) is 43.9 Å². The summed E-state index contributed by atoms with van der Waals surface area (Å²) < 4.78 is 16.1. The molecule has 0 bridgehead atoms. The lowest BCUT2D eigenvalue weighted by molar-refractivity contribution is 0.655. The Labute approximate surface area is 390 Å². The van der Waals surface area contributed by atoms with Gasteiger partial charge in [-0.1, -0.05) is 153 Å². The number of benzene rings is 10. The van der Waals surface area contributed by atoms with Crippen LogP contribution in [0.2, 0.25) is 0 Å². The minimum Gasteiger partial charge on any atom is -0.456 e. The van der Waals surface area contributed by atoms with Crippen LogP contribution in [0.25, 0.3) is 104 Å². The van der Waals surface area contributed by atoms with Crippen molar-refractivity contribution in [2.24, 2.45) is 9.98 Å². The maximum atomic E-state index is 7.16. The molecule has 15 rings (SSSR count). The molecule has 0 saturated carbocycles. The Morgan fingerprint density at radius 1 is 0.529 bits per heavy atom. The molecule has 320 valence electrons. The first-order valence-corrected chi connectivity index (χ1v) is 23.5. The van der Waals surface area contributed by atoms with Crippen LogP contribution in [-0.4, -0.2) is 16.2 Å². The third kappa shape index (κ3) is 5.52. The van der Waals surface area contributed by atoms with Gasteiger partial charge in [-0.05, 0) is 104 Å². The van der Waals surface area contributed by atoms with Crippen molar-refractivity contribution >= 4 is 98.8 Å². The van der Waals surface area contributed by atoms with Crippen molar-refractivity contribution in [1.82, 2.24) is 9.88 Å². The van der Waals surface area contributed by atoms with E-state index < -0.39 is 6.17 Å². The Balaban J connectivity index is 1.04. The molecule has 2 aliphatic rings. The Kier molecular flexibility index (Phi) is 7.79. The molecule has 1 aliphatic heterocycles. The number of aromatic nitrogens is 1. The van der Waals surface area contributed by atoms with Crippen molar-refractivity contribution in [3.05, 3.63) is 222 Å². The molecule has 0 spiro atoms. The lowest BCUT2D eigenvalue weighted by Gasteiger charge is -2.25. The van der Waals surface area contributed by atoms with Crippen LogP contribution in [0.5, 0.6) is 0 Å². The molecular formula is C62H40N4O2. The molecule has 2 unspecified atom stereocenters. The predicted molar refractivity (Wildman–Crippen MR) is 280 cm³/mol. The fraction of sp³-hybridized carbons (Fsp3) is 0.0645. The summed E-state index contributed by atoms with van der Waals surface area (Å²) in [4.78, 5) is 11.0. The average molecular weight is 873 g/mol. The van der Waals surface area contributed by atoms with Crippen molar-refractivity contribution in [1.29, 1.82) is 0 Å². The normalized spacial score (nSPS) is 16.0. The Hall–Kier alpha value is -8.74. The minimum atomic E-state index is -0.470. The van der Waals surface area contributed by atoms with E-state index in [2.05, 4.69) is 199 Å². The first-order valence-electron chi connectivity index (χ1n) is 23.5. The van der Waals surface area contributed by atoms with E-state index in [1.807, 2.05) is 12.1 Å². The number of amidine groups is 2. The van der Waals surface area contributed by atoms with Crippen LogP contribution < -0.4 is 5.32 Å². The number of furan rings is 2. The molecule has 4 heterocycles. The van der Waals surface area contributed by atoms with Crippen molar-refractivity contribution in [3.63, 3.8) is 0 Å². The van der Waals surface area contributed by atoms with Crippen LogP contribution in [-0.2, 0) is 6.42 Å². The molecule has 0 fully saturated rings. The molecule has 1 aliphatic carbocycles. The van der Waals surface area contributed by atoms with Crippen molar-refractivity contribution in [3.8, 4) is 16.9 Å². The van der Waals surface area contributed by atoms with Gasteiger partial charge in [0.1, 0.15) is 28.8 Å². The first-order chi connectivity index (χ1) is 33.6. The zero-order valence-electron chi connectivity index (χ0n) is 37.0. The number of nitrogens with zero attached hydrogens (tertiary/aromatic N) is 3. The molecule has 1 N–H and O–H groups in total. The highest BCUT2D eigenvalue weighted by atomic mass is 16.3. The molecule has 6 heteroatoms. The highest BCUT2D eigenvalue weighted by Gasteiger charge is 2.32. The summed E-state index contributed by atoms with van der Waals surface area (Å²) in [6, 6.07) is 69.5. The van der Waals surface area contributed by atoms with Crippen molar-refractivity contribution in [2.45, 2.75) is 25.4 Å². The SMILES string of the molecule is CC1Cc2c(n(-c3cc(C4=NC(c5ccc6c(c5)oc5ccccc56)NC(c5ccc6ccccc6c5)=N4)cc4c3oc3ccc5ccccc5c34)c3cc4ccccc4cc23)-c2ccccc21. The number of nitrogens with one attached hydrogen (secondary N) is 1. The van der Waals surface area contributed by atoms with Crippen molar-refractivity contribution < 1.29 is 8.83 Å². The molecule has 0 saturated heterocycles. The van der Waals surface area contributed by atoms with Crippen molar-refractivity contribution in [2.75, 3.05) is 0 Å². The highest BCUT2D eigenvalue weighted by molar-refractivity contribution is 6.23. The number of hydrogen-bond acceptors (Lipinski definition) is 5. The van der Waals surface area contributed by atoms with E-state index in [9.17, 15) is 0 Å². The van der Waals surface area contributed by atoms with Crippen LogP contribution in [0.1, 0.15) is 46.8 Å². The third-order valence-electron chi connectivity index (χ3n) is 14.6. The number of fused-ring (bicyclic) bond motifs is 15. The van der Waals surface area contributed by atoms with Crippen LogP contribution >= 0.6 is 0 Å². The maximum absolute atomic E-state index is 7.16. The summed E-state index contributed by atoms with van der Waals surface area (Å²) in [5.74, 6) is 1.73. The summed E-state index contributed by atoms with van der Waals surface area (Å²) in [5.41, 5.74) is 13.5. The van der Waals surface area contributed by atoms with E-state index >= 15 is 0 Å². The van der Waals surface area contributed by atoms with Gasteiger partial charge in [-0.2, -0.15) is 0 Å². The summed E-state index contributed by atoms with van der Waals surface area (Å²) in [6.07, 6.45) is 0.458. The fourth-order valence-electron chi connectivity index (χ4n) is 11.4. The monoisotopic (exact) mass is 872 g/mol. The third-order valence-corrected chi connectivity index (χ3v) is 14.6. The molecule has 13 aromatic rings. The van der Waals surface area contributed by atoms with E-state index in [-0.39, 0.29) is 0 Å². The van der Waals surface area contributed by atoms with Gasteiger partial charge in [0.05, 0.1) is 16.9 Å². The van der Waals surface area contributed by atoms with Crippen LogP contribution in [0, 0.1) is 0 Å². The van der Waals surface area contributed by atoms with Crippen LogP contribution in [0.3, 0.4) is 0 Å². The van der Waals surface area contributed by atoms with Crippen LogP contribution in [0.4, 0.5) is 0 Å². The number of rotatable bonds is 4. The summed E-state index contributed by atoms with van der Waals surface area (Å²) >= 11 is 0. The minimum absolute atomic E-state index is 0.357. The van der Waals surface area contributed by atoms with Gasteiger partial charge in [0, 0.05) is 49.2 Å². The molecule has 10 aromatic carbocycles. The van der Waals surface area contributed by atoms with Gasteiger partial charge in [-0.3, -0.25) is 0 Å². The van der Waals surface area contributed by atoms with Gasteiger partial charge in [0.15, 0.2) is 11.4 Å². The summed E-state index contributed by atoms with van der Waals surface area (Å²) in [5, 5.41) is 16.3. The van der Waals surface area contributed by atoms with E-state index in [0.717, 1.165) is 100 Å². The molecule has 3 aromatic heterocycles. The van der Waals surface area contributed by atoms with E-state index in [1.54, 1.807) is 0 Å². The molecule has 6 nitrogen and oxygen atoms in total. The summed E-state index contributed by atoms with van der Waals surface area (Å²) in [7, 11) is 0. The number of aliphatic imine (C=N–C) groups is 2. The Morgan fingerprint density at radius 2 is 1.25 bits per heavy atom. The molecule has 0 radical (unpaired) electrons. The number of para-hydroxylation sites is 1. The highest BCUT2D eigenvalue weighted by Crippen LogP contribution is 2.49. The largest absolute Gasteiger partial charge is 0.456 e. The van der Waals surface area contributed by atoms with Gasteiger partial charge in [0.2, 0.25) is 0 Å². The topological polar surface area (TPSA) is 68.0 Å².